The van der Waals surface area contributed by atoms with Crippen molar-refractivity contribution in [1.29, 1.82) is 0 Å². The van der Waals surface area contributed by atoms with E-state index in [0.29, 0.717) is 18.4 Å². The van der Waals surface area contributed by atoms with Gasteiger partial charge in [0.15, 0.2) is 0 Å². The minimum atomic E-state index is -3.66. The predicted molar refractivity (Wildman–Crippen MR) is 141 cm³/mol. The summed E-state index contributed by atoms with van der Waals surface area (Å²) in [5.41, 5.74) is 3.67. The molecule has 2 N–H and O–H groups in total. The van der Waals surface area contributed by atoms with Gasteiger partial charge in [-0.05, 0) is 59.6 Å². The Morgan fingerprint density at radius 2 is 1.84 bits per heavy atom. The van der Waals surface area contributed by atoms with Gasteiger partial charge in [-0.2, -0.15) is 0 Å². The number of hydrogen-bond acceptors (Lipinski definition) is 6. The average Bonchev–Trinajstić information content (AvgIpc) is 3.52. The maximum atomic E-state index is 12.9. The lowest BCUT2D eigenvalue weighted by molar-refractivity contribution is 0.0405. The first-order valence-electron chi connectivity index (χ1n) is 12.7. The molecule has 9 nitrogen and oxygen atoms in total. The van der Waals surface area contributed by atoms with Gasteiger partial charge in [-0.15, -0.1) is 5.10 Å². The van der Waals surface area contributed by atoms with Crippen molar-refractivity contribution < 1.29 is 13.2 Å². The molecule has 2 aromatic heterocycles. The molecule has 0 aliphatic carbocycles. The predicted octanol–water partition coefficient (Wildman–Crippen LogP) is 4.24. The molecule has 0 saturated carbocycles. The Morgan fingerprint density at radius 1 is 1.11 bits per heavy atom. The highest BCUT2D eigenvalue weighted by molar-refractivity contribution is 7.89. The molecule has 37 heavy (non-hydrogen) atoms. The van der Waals surface area contributed by atoms with E-state index < -0.39 is 10.0 Å². The first kappa shape index (κ1) is 25.6. The first-order chi connectivity index (χ1) is 17.7. The highest BCUT2D eigenvalue weighted by atomic mass is 32.2. The zero-order chi connectivity index (χ0) is 26.0. The van der Waals surface area contributed by atoms with Gasteiger partial charge in [0.25, 0.3) is 0 Å². The smallest absolute Gasteiger partial charge is 0.240 e. The van der Waals surface area contributed by atoms with E-state index in [4.69, 9.17) is 9.72 Å². The van der Waals surface area contributed by atoms with Gasteiger partial charge in [0.05, 0.1) is 28.7 Å². The van der Waals surface area contributed by atoms with Crippen LogP contribution in [-0.2, 0) is 27.8 Å². The minimum absolute atomic E-state index is 0.0547. The Labute approximate surface area is 217 Å². The number of aromatic nitrogens is 5. The third-order valence-electron chi connectivity index (χ3n) is 7.05. The number of H-pyrrole nitrogens is 1. The Bertz CT molecular complexity index is 1430. The third kappa shape index (κ3) is 5.92. The van der Waals surface area contributed by atoms with E-state index in [-0.39, 0.29) is 16.9 Å². The zero-order valence-electron chi connectivity index (χ0n) is 21.5. The van der Waals surface area contributed by atoms with Gasteiger partial charge in [0.2, 0.25) is 10.0 Å². The topological polar surface area (TPSA) is 115 Å². The summed E-state index contributed by atoms with van der Waals surface area (Å²) in [6.45, 7) is 9.11. The van der Waals surface area contributed by atoms with Crippen molar-refractivity contribution in [2.24, 2.45) is 11.3 Å². The average molecular weight is 523 g/mol. The maximum absolute atomic E-state index is 12.9. The van der Waals surface area contributed by atoms with Crippen molar-refractivity contribution in [2.75, 3.05) is 13.2 Å². The third-order valence-corrected chi connectivity index (χ3v) is 8.46. The lowest BCUT2D eigenvalue weighted by Gasteiger charge is -2.37. The van der Waals surface area contributed by atoms with E-state index in [1.54, 1.807) is 41.3 Å². The van der Waals surface area contributed by atoms with Gasteiger partial charge < -0.3 is 9.72 Å². The fourth-order valence-electron chi connectivity index (χ4n) is 5.26. The van der Waals surface area contributed by atoms with Crippen LogP contribution in [0, 0.1) is 11.3 Å². The summed E-state index contributed by atoms with van der Waals surface area (Å²) in [6, 6.07) is 12.7. The van der Waals surface area contributed by atoms with E-state index in [9.17, 15) is 8.42 Å². The van der Waals surface area contributed by atoms with Crippen LogP contribution in [0.1, 0.15) is 56.5 Å². The van der Waals surface area contributed by atoms with Crippen molar-refractivity contribution in [3.05, 3.63) is 71.8 Å². The summed E-state index contributed by atoms with van der Waals surface area (Å²) < 4.78 is 35.8. The molecule has 1 fully saturated rings. The van der Waals surface area contributed by atoms with Gasteiger partial charge >= 0.3 is 0 Å². The molecule has 1 unspecified atom stereocenters. The van der Waals surface area contributed by atoms with Crippen molar-refractivity contribution in [3.8, 4) is 0 Å². The number of benzene rings is 2. The van der Waals surface area contributed by atoms with E-state index in [1.165, 1.54) is 0 Å². The van der Waals surface area contributed by atoms with Crippen LogP contribution in [0.25, 0.3) is 11.0 Å². The van der Waals surface area contributed by atoms with Gasteiger partial charge in [-0.3, -0.25) is 0 Å². The van der Waals surface area contributed by atoms with Crippen molar-refractivity contribution in [3.63, 3.8) is 0 Å². The van der Waals surface area contributed by atoms with Crippen LogP contribution in [-0.4, -0.2) is 46.6 Å². The van der Waals surface area contributed by atoms with Crippen LogP contribution in [0.5, 0.6) is 0 Å². The lowest BCUT2D eigenvalue weighted by atomic mass is 9.70. The molecule has 196 valence electrons. The molecule has 0 amide bonds. The van der Waals surface area contributed by atoms with E-state index in [2.05, 4.69) is 40.8 Å². The Hall–Kier alpha value is -3.08. The van der Waals surface area contributed by atoms with Gasteiger partial charge in [-0.25, -0.2) is 22.8 Å². The molecule has 0 bridgehead atoms. The molecule has 1 saturated heterocycles. The minimum Gasteiger partial charge on any atom is -0.381 e. The van der Waals surface area contributed by atoms with Crippen LogP contribution in [0.3, 0.4) is 0 Å². The highest BCUT2D eigenvalue weighted by Crippen LogP contribution is 2.43. The van der Waals surface area contributed by atoms with E-state index >= 15 is 0 Å². The number of nitrogens with one attached hydrogen (secondary N) is 2. The fraction of sp³-hybridized carbons (Fsp3) is 0.444. The van der Waals surface area contributed by atoms with Gasteiger partial charge in [0, 0.05) is 31.9 Å². The molecule has 1 aliphatic rings. The maximum Gasteiger partial charge on any atom is 0.240 e. The second-order valence-corrected chi connectivity index (χ2v) is 12.6. The largest absolute Gasteiger partial charge is 0.381 e. The fourth-order valence-corrected chi connectivity index (χ4v) is 6.28. The number of sulfonamides is 1. The quantitative estimate of drug-likeness (QED) is 0.358. The van der Waals surface area contributed by atoms with Crippen LogP contribution in [0.15, 0.2) is 59.8 Å². The number of nitrogens with zero attached hydrogens (tertiary/aromatic N) is 4. The summed E-state index contributed by atoms with van der Waals surface area (Å²) in [5.74, 6) is 1.81. The molecule has 2 aromatic carbocycles. The molecule has 4 aromatic rings. The number of ether oxygens (including phenoxy) is 1. The highest BCUT2D eigenvalue weighted by Gasteiger charge is 2.36. The van der Waals surface area contributed by atoms with Crippen molar-refractivity contribution in [2.45, 2.75) is 57.5 Å². The van der Waals surface area contributed by atoms with E-state index in [1.807, 2.05) is 18.2 Å². The molecule has 0 radical (unpaired) electrons. The first-order valence-corrected chi connectivity index (χ1v) is 14.2. The summed E-state index contributed by atoms with van der Waals surface area (Å²) in [7, 11) is -3.66. The molecule has 10 heteroatoms. The molecular formula is C27H34N6O3S. The van der Waals surface area contributed by atoms with Crippen molar-refractivity contribution in [1.82, 2.24) is 29.7 Å². The Morgan fingerprint density at radius 3 is 2.51 bits per heavy atom. The molecule has 1 aliphatic heterocycles. The number of hydrogen-bond donors (Lipinski definition) is 2. The molecular weight excluding hydrogens is 488 g/mol. The lowest BCUT2D eigenvalue weighted by Crippen LogP contribution is -2.31. The second-order valence-electron chi connectivity index (χ2n) is 10.8. The van der Waals surface area contributed by atoms with Crippen LogP contribution in [0.2, 0.25) is 0 Å². The Kier molecular flexibility index (Phi) is 7.15. The van der Waals surface area contributed by atoms with Gasteiger partial charge in [-0.1, -0.05) is 44.2 Å². The van der Waals surface area contributed by atoms with Crippen LogP contribution < -0.4 is 4.72 Å². The Balaban J connectivity index is 1.29. The molecule has 3 heterocycles. The number of imidazole rings is 1. The van der Waals surface area contributed by atoms with Crippen LogP contribution in [0.4, 0.5) is 0 Å². The number of rotatable bonds is 8. The summed E-state index contributed by atoms with van der Waals surface area (Å²) >= 11 is 0. The van der Waals surface area contributed by atoms with Gasteiger partial charge in [0.1, 0.15) is 5.82 Å². The zero-order valence-corrected chi connectivity index (χ0v) is 22.3. The van der Waals surface area contributed by atoms with Crippen molar-refractivity contribution >= 4 is 21.1 Å². The SMILES string of the molecule is CC(C)(C)C(c1nc2cc(CNS(=O)(=O)c3ccc(Cn4ccnn4)cc3)ccc2[nH]1)C1CCOCC1. The van der Waals surface area contributed by atoms with E-state index in [0.717, 1.165) is 54.0 Å². The summed E-state index contributed by atoms with van der Waals surface area (Å²) in [6.07, 6.45) is 5.44. The van der Waals surface area contributed by atoms with Crippen LogP contribution >= 0.6 is 0 Å². The summed E-state index contributed by atoms with van der Waals surface area (Å²) in [5, 5.41) is 7.72. The summed E-state index contributed by atoms with van der Waals surface area (Å²) in [4.78, 5) is 8.74. The molecule has 0 spiro atoms. The standard InChI is InChI=1S/C27H34N6O3S/c1-27(2,3)25(21-10-14-36-15-11-21)26-30-23-9-6-20(16-24(23)31-26)17-29-37(34,35)22-7-4-19(5-8-22)18-33-13-12-28-32-33/h4-9,12-13,16,21,25,29H,10-11,14-15,17-18H2,1-3H3,(H,30,31). The molecule has 1 atom stereocenters. The number of aromatic amines is 1. The number of fused-ring (bicyclic) bond motifs is 1. The normalized spacial score (nSPS) is 16.3. The second kappa shape index (κ2) is 10.4. The molecule has 5 rings (SSSR count). The monoisotopic (exact) mass is 522 g/mol.